The number of ether oxygens (including phenoxy) is 1. The molecule has 0 unspecified atom stereocenters. The molecule has 2 heterocycles. The number of rotatable bonds is 4. The Labute approximate surface area is 181 Å². The van der Waals surface area contributed by atoms with Crippen molar-refractivity contribution in [3.63, 3.8) is 0 Å². The number of hydrogen-bond donors (Lipinski definition) is 1. The normalized spacial score (nSPS) is 14.5. The van der Waals surface area contributed by atoms with Crippen molar-refractivity contribution in [1.82, 2.24) is 9.97 Å². The Morgan fingerprint density at radius 1 is 1.00 bits per heavy atom. The number of aromatic nitrogens is 2. The summed E-state index contributed by atoms with van der Waals surface area (Å²) in [6, 6.07) is 12.3. The van der Waals surface area contributed by atoms with Crippen LogP contribution in [0.25, 0.3) is 11.0 Å². The van der Waals surface area contributed by atoms with Crippen LogP contribution >= 0.6 is 0 Å². The van der Waals surface area contributed by atoms with Gasteiger partial charge >= 0.3 is 0 Å². The maximum absolute atomic E-state index is 13.1. The summed E-state index contributed by atoms with van der Waals surface area (Å²) in [6.07, 6.45) is 1.76. The van der Waals surface area contributed by atoms with Gasteiger partial charge in [-0.15, -0.1) is 0 Å². The Bertz CT molecular complexity index is 1130. The van der Waals surface area contributed by atoms with Crippen molar-refractivity contribution in [2.75, 3.05) is 36.5 Å². The van der Waals surface area contributed by atoms with E-state index in [4.69, 9.17) is 9.72 Å². The Morgan fingerprint density at radius 2 is 1.74 bits per heavy atom. The van der Waals surface area contributed by atoms with Crippen LogP contribution in [-0.2, 0) is 9.53 Å². The molecule has 0 spiro atoms. The highest BCUT2D eigenvalue weighted by atomic mass is 16.5. The Morgan fingerprint density at radius 3 is 2.48 bits per heavy atom. The maximum atomic E-state index is 13.1. The van der Waals surface area contributed by atoms with E-state index in [1.54, 1.807) is 42.6 Å². The lowest BCUT2D eigenvalue weighted by atomic mass is 9.95. The third kappa shape index (κ3) is 4.72. The van der Waals surface area contributed by atoms with Gasteiger partial charge in [0, 0.05) is 35.3 Å². The Hall–Kier alpha value is -3.32. The monoisotopic (exact) mass is 418 g/mol. The lowest BCUT2D eigenvalue weighted by molar-refractivity contribution is -0.123. The molecule has 0 radical (unpaired) electrons. The number of hydrogen-bond acceptors (Lipinski definition) is 6. The van der Waals surface area contributed by atoms with Crippen molar-refractivity contribution in [2.24, 2.45) is 5.41 Å². The smallest absolute Gasteiger partial charge is 0.229 e. The summed E-state index contributed by atoms with van der Waals surface area (Å²) < 4.78 is 5.40. The molecule has 0 saturated carbocycles. The summed E-state index contributed by atoms with van der Waals surface area (Å²) in [6.45, 7) is 8.41. The van der Waals surface area contributed by atoms with E-state index in [2.05, 4.69) is 15.2 Å². The van der Waals surface area contributed by atoms with Crippen LogP contribution in [0.1, 0.15) is 36.7 Å². The second-order valence-electron chi connectivity index (χ2n) is 8.65. The van der Waals surface area contributed by atoms with Crippen LogP contribution in [0, 0.1) is 5.41 Å². The van der Waals surface area contributed by atoms with Crippen molar-refractivity contribution in [3.05, 3.63) is 59.8 Å². The van der Waals surface area contributed by atoms with Gasteiger partial charge in [-0.05, 0) is 30.3 Å². The van der Waals surface area contributed by atoms with Crippen LogP contribution in [0.5, 0.6) is 0 Å². The molecule has 1 aromatic heterocycles. The number of carbonyl (C=O) groups is 2. The predicted molar refractivity (Wildman–Crippen MR) is 121 cm³/mol. The molecule has 7 heteroatoms. The number of fused-ring (bicyclic) bond motifs is 1. The van der Waals surface area contributed by atoms with Crippen LogP contribution in [0.15, 0.2) is 48.7 Å². The standard InChI is InChI=1S/C24H26N4O3/c1-24(2,3)23(30)26-18-6-4-5-16(13-18)22(29)17-7-8-19-20(14-17)27-21(15-25-19)28-9-11-31-12-10-28/h4-8,13-15H,9-12H2,1-3H3,(H,26,30). The minimum absolute atomic E-state index is 0.103. The number of amides is 1. The van der Waals surface area contributed by atoms with Crippen molar-refractivity contribution >= 4 is 34.2 Å². The molecule has 7 nitrogen and oxygen atoms in total. The van der Waals surface area contributed by atoms with Gasteiger partial charge in [0.2, 0.25) is 5.91 Å². The van der Waals surface area contributed by atoms with E-state index in [0.717, 1.165) is 24.4 Å². The predicted octanol–water partition coefficient (Wildman–Crippen LogP) is 3.68. The van der Waals surface area contributed by atoms with Gasteiger partial charge in [0.05, 0.1) is 30.4 Å². The summed E-state index contributed by atoms with van der Waals surface area (Å²) in [5.41, 5.74) is 2.52. The van der Waals surface area contributed by atoms with E-state index in [-0.39, 0.29) is 11.7 Å². The zero-order valence-corrected chi connectivity index (χ0v) is 18.0. The number of nitrogens with one attached hydrogen (secondary N) is 1. The molecular formula is C24H26N4O3. The molecule has 0 bridgehead atoms. The lowest BCUT2D eigenvalue weighted by Crippen LogP contribution is -2.36. The molecule has 160 valence electrons. The lowest BCUT2D eigenvalue weighted by Gasteiger charge is -2.27. The van der Waals surface area contributed by atoms with Gasteiger partial charge in [0.25, 0.3) is 0 Å². The van der Waals surface area contributed by atoms with E-state index in [9.17, 15) is 9.59 Å². The van der Waals surface area contributed by atoms with Crippen molar-refractivity contribution in [1.29, 1.82) is 0 Å². The van der Waals surface area contributed by atoms with Crippen LogP contribution < -0.4 is 10.2 Å². The van der Waals surface area contributed by atoms with E-state index in [1.165, 1.54) is 0 Å². The van der Waals surface area contributed by atoms with Crippen molar-refractivity contribution < 1.29 is 14.3 Å². The molecule has 1 aliphatic rings. The van der Waals surface area contributed by atoms with E-state index < -0.39 is 5.41 Å². The van der Waals surface area contributed by atoms with Gasteiger partial charge in [-0.25, -0.2) is 4.98 Å². The van der Waals surface area contributed by atoms with Gasteiger partial charge in [0.15, 0.2) is 5.78 Å². The number of morpholine rings is 1. The van der Waals surface area contributed by atoms with Crippen LogP contribution in [0.4, 0.5) is 11.5 Å². The molecule has 31 heavy (non-hydrogen) atoms. The van der Waals surface area contributed by atoms with E-state index in [1.807, 2.05) is 26.8 Å². The van der Waals surface area contributed by atoms with Crippen LogP contribution in [0.2, 0.25) is 0 Å². The summed E-state index contributed by atoms with van der Waals surface area (Å²) >= 11 is 0. The van der Waals surface area contributed by atoms with Crippen LogP contribution in [-0.4, -0.2) is 48.0 Å². The molecule has 3 aromatic rings. The molecule has 1 aliphatic heterocycles. The van der Waals surface area contributed by atoms with Gasteiger partial charge in [0.1, 0.15) is 5.82 Å². The molecule has 0 aliphatic carbocycles. The Kier molecular flexibility index (Phi) is 5.69. The molecule has 4 rings (SSSR count). The number of ketones is 1. The van der Waals surface area contributed by atoms with Crippen molar-refractivity contribution in [3.8, 4) is 0 Å². The third-order valence-corrected chi connectivity index (χ3v) is 5.19. The summed E-state index contributed by atoms with van der Waals surface area (Å²) in [7, 11) is 0. The molecule has 1 fully saturated rings. The highest BCUT2D eigenvalue weighted by Gasteiger charge is 2.21. The number of anilines is 2. The summed E-state index contributed by atoms with van der Waals surface area (Å²) in [5, 5.41) is 2.87. The van der Waals surface area contributed by atoms with Gasteiger partial charge in [-0.2, -0.15) is 0 Å². The summed E-state index contributed by atoms with van der Waals surface area (Å²) in [4.78, 5) is 36.7. The third-order valence-electron chi connectivity index (χ3n) is 5.19. The first-order valence-electron chi connectivity index (χ1n) is 10.4. The fourth-order valence-electron chi connectivity index (χ4n) is 3.31. The summed E-state index contributed by atoms with van der Waals surface area (Å²) in [5.74, 6) is 0.549. The number of carbonyl (C=O) groups excluding carboxylic acids is 2. The first-order chi connectivity index (χ1) is 14.8. The second-order valence-corrected chi connectivity index (χ2v) is 8.65. The molecule has 1 saturated heterocycles. The zero-order chi connectivity index (χ0) is 22.0. The van der Waals surface area contributed by atoms with Gasteiger partial charge < -0.3 is 15.0 Å². The van der Waals surface area contributed by atoms with Gasteiger partial charge in [-0.3, -0.25) is 14.6 Å². The zero-order valence-electron chi connectivity index (χ0n) is 18.0. The van der Waals surface area contributed by atoms with Crippen molar-refractivity contribution in [2.45, 2.75) is 20.8 Å². The quantitative estimate of drug-likeness (QED) is 0.651. The average molecular weight is 418 g/mol. The first-order valence-corrected chi connectivity index (χ1v) is 10.4. The molecule has 2 aromatic carbocycles. The van der Waals surface area contributed by atoms with Crippen LogP contribution in [0.3, 0.4) is 0 Å². The first kappa shape index (κ1) is 20.9. The topological polar surface area (TPSA) is 84.4 Å². The largest absolute Gasteiger partial charge is 0.378 e. The second kappa shape index (κ2) is 8.43. The number of nitrogens with zero attached hydrogens (tertiary/aromatic N) is 3. The highest BCUT2D eigenvalue weighted by molar-refractivity contribution is 6.11. The van der Waals surface area contributed by atoms with Gasteiger partial charge in [-0.1, -0.05) is 32.9 Å². The fourth-order valence-corrected chi connectivity index (χ4v) is 3.31. The van der Waals surface area contributed by atoms with E-state index in [0.29, 0.717) is 35.5 Å². The fraction of sp³-hybridized carbons (Fsp3) is 0.333. The molecular weight excluding hydrogens is 392 g/mol. The highest BCUT2D eigenvalue weighted by Crippen LogP contribution is 2.22. The SMILES string of the molecule is CC(C)(C)C(=O)Nc1cccc(C(=O)c2ccc3ncc(N4CCOCC4)nc3c2)c1. The Balaban J connectivity index is 1.60. The molecule has 0 atom stereocenters. The average Bonchev–Trinajstić information content (AvgIpc) is 2.78. The molecule has 1 N–H and O–H groups in total. The minimum Gasteiger partial charge on any atom is -0.378 e. The number of benzene rings is 2. The molecule has 1 amide bonds. The minimum atomic E-state index is -0.519. The van der Waals surface area contributed by atoms with E-state index >= 15 is 0 Å². The maximum Gasteiger partial charge on any atom is 0.229 e.